The second-order valence-corrected chi connectivity index (χ2v) is 11.3. The number of carbonyl (C=O) groups excluding carboxylic acids is 1. The molecule has 0 fully saturated rings. The second-order valence-electron chi connectivity index (χ2n) is 11.3. The molecule has 7 heteroatoms. The number of hydrogen-bond acceptors (Lipinski definition) is 7. The quantitative estimate of drug-likeness (QED) is 0.161. The first-order valence-electron chi connectivity index (χ1n) is 14.2. The molecule has 0 atom stereocenters. The summed E-state index contributed by atoms with van der Waals surface area (Å²) >= 11 is 0. The van der Waals surface area contributed by atoms with Crippen molar-refractivity contribution in [1.29, 1.82) is 0 Å². The zero-order valence-electron chi connectivity index (χ0n) is 26.3. The van der Waals surface area contributed by atoms with E-state index in [0.29, 0.717) is 40.1 Å². The lowest BCUT2D eigenvalue weighted by molar-refractivity contribution is 0.102. The highest BCUT2D eigenvalue weighted by Crippen LogP contribution is 2.47. The molecule has 0 spiro atoms. The largest absolute Gasteiger partial charge is 0.491 e. The Labute approximate surface area is 240 Å². The van der Waals surface area contributed by atoms with Crippen LogP contribution < -0.4 is 28.4 Å². The average Bonchev–Trinajstić information content (AvgIpc) is 2.79. The molecular weight excluding hydrogens is 508 g/mol. The van der Waals surface area contributed by atoms with Crippen LogP contribution in [0.3, 0.4) is 0 Å². The maximum absolute atomic E-state index is 14.1. The fourth-order valence-corrected chi connectivity index (χ4v) is 3.82. The van der Waals surface area contributed by atoms with Gasteiger partial charge in [-0.1, -0.05) is 0 Å². The van der Waals surface area contributed by atoms with Crippen molar-refractivity contribution >= 4 is 11.9 Å². The van der Waals surface area contributed by atoms with E-state index in [1.807, 2.05) is 101 Å². The molecule has 0 aromatic heterocycles. The fourth-order valence-electron chi connectivity index (χ4n) is 3.82. The molecule has 0 saturated heterocycles. The lowest BCUT2D eigenvalue weighted by Crippen LogP contribution is -2.18. The Bertz CT molecular complexity index is 1100. The smallest absolute Gasteiger partial charge is 0.193 e. The molecule has 0 aliphatic heterocycles. The summed E-state index contributed by atoms with van der Waals surface area (Å²) in [4.78, 5) is 14.1. The summed E-state index contributed by atoms with van der Waals surface area (Å²) in [6, 6.07) is 7.33. The summed E-state index contributed by atoms with van der Waals surface area (Å²) in [5.74, 6) is 2.49. The Morgan fingerprint density at radius 3 is 1.40 bits per heavy atom. The molecule has 0 aliphatic carbocycles. The summed E-state index contributed by atoms with van der Waals surface area (Å²) in [5.41, 5.74) is 0.958. The average molecular weight is 557 g/mol. The van der Waals surface area contributed by atoms with Crippen LogP contribution in [-0.4, -0.2) is 42.4 Å². The van der Waals surface area contributed by atoms with Gasteiger partial charge in [-0.05, 0) is 113 Å². The number of benzene rings is 2. The van der Waals surface area contributed by atoms with E-state index in [9.17, 15) is 4.79 Å². The van der Waals surface area contributed by atoms with Gasteiger partial charge in [0.05, 0.1) is 36.6 Å². The molecule has 40 heavy (non-hydrogen) atoms. The highest BCUT2D eigenvalue weighted by molar-refractivity contribution is 6.12. The Morgan fingerprint density at radius 2 is 0.975 bits per heavy atom. The van der Waals surface area contributed by atoms with Crippen molar-refractivity contribution in [2.45, 2.75) is 120 Å². The Hall–Kier alpha value is -3.35. The van der Waals surface area contributed by atoms with Crippen molar-refractivity contribution in [3.8, 4) is 34.5 Å². The normalized spacial score (nSPS) is 11.8. The van der Waals surface area contributed by atoms with Gasteiger partial charge in [0.2, 0.25) is 0 Å². The summed E-state index contributed by atoms with van der Waals surface area (Å²) in [6.07, 6.45) is 2.43. The summed E-state index contributed by atoms with van der Waals surface area (Å²) in [5, 5.41) is 0. The maximum Gasteiger partial charge on any atom is 0.193 e. The SMILES string of the molecule is CC(C)Oc1ccc(OC(C)C)c(C=CC(=O)c2c(OC(C)C)c(OC(C)C)cc(OC(C)C)c2OC(C)C)c1. The first kappa shape index (κ1) is 32.9. The molecule has 0 radical (unpaired) electrons. The van der Waals surface area contributed by atoms with E-state index in [2.05, 4.69) is 0 Å². The topological polar surface area (TPSA) is 72.5 Å². The van der Waals surface area contributed by atoms with E-state index < -0.39 is 0 Å². The minimum absolute atomic E-state index is 0.00452. The molecule has 2 aromatic rings. The van der Waals surface area contributed by atoms with Crippen molar-refractivity contribution in [3.05, 3.63) is 41.5 Å². The molecule has 0 saturated carbocycles. The summed E-state index contributed by atoms with van der Waals surface area (Å²) in [7, 11) is 0. The van der Waals surface area contributed by atoms with Gasteiger partial charge in [0.15, 0.2) is 28.8 Å². The third-order valence-corrected chi connectivity index (χ3v) is 4.97. The van der Waals surface area contributed by atoms with Crippen LogP contribution in [-0.2, 0) is 0 Å². The van der Waals surface area contributed by atoms with Gasteiger partial charge in [-0.15, -0.1) is 0 Å². The lowest BCUT2D eigenvalue weighted by Gasteiger charge is -2.25. The molecule has 7 nitrogen and oxygen atoms in total. The van der Waals surface area contributed by atoms with E-state index in [-0.39, 0.29) is 48.0 Å². The maximum atomic E-state index is 14.1. The Kier molecular flexibility index (Phi) is 12.2. The summed E-state index contributed by atoms with van der Waals surface area (Å²) in [6.45, 7) is 23.1. The number of allylic oxidation sites excluding steroid dienone is 1. The van der Waals surface area contributed by atoms with Crippen LogP contribution in [0.25, 0.3) is 6.08 Å². The third-order valence-electron chi connectivity index (χ3n) is 4.97. The van der Waals surface area contributed by atoms with E-state index in [1.165, 1.54) is 6.08 Å². The standard InChI is InChI=1S/C33H48O7/c1-19(2)35-26-14-16-28(36-20(3)4)25(17-26)13-15-27(34)31-32(39-23(9)10)29(37-21(5)6)18-30(38-22(7)8)33(31)40-24(11)12/h13-24H,1-12H3. The molecule has 0 aliphatic rings. The van der Waals surface area contributed by atoms with Gasteiger partial charge in [0.1, 0.15) is 17.1 Å². The van der Waals surface area contributed by atoms with E-state index >= 15 is 0 Å². The first-order valence-corrected chi connectivity index (χ1v) is 14.2. The Morgan fingerprint density at radius 1 is 0.550 bits per heavy atom. The zero-order chi connectivity index (χ0) is 30.1. The van der Waals surface area contributed by atoms with Crippen molar-refractivity contribution in [3.63, 3.8) is 0 Å². The van der Waals surface area contributed by atoms with Crippen LogP contribution >= 0.6 is 0 Å². The van der Waals surface area contributed by atoms with Gasteiger partial charge in [0.25, 0.3) is 0 Å². The van der Waals surface area contributed by atoms with Gasteiger partial charge in [-0.3, -0.25) is 4.79 Å². The van der Waals surface area contributed by atoms with Crippen molar-refractivity contribution in [2.24, 2.45) is 0 Å². The van der Waals surface area contributed by atoms with Crippen molar-refractivity contribution in [2.75, 3.05) is 0 Å². The van der Waals surface area contributed by atoms with Crippen LogP contribution in [0.4, 0.5) is 0 Å². The molecule has 0 heterocycles. The molecule has 0 bridgehead atoms. The minimum Gasteiger partial charge on any atom is -0.491 e. The highest BCUT2D eigenvalue weighted by Gasteiger charge is 2.29. The third kappa shape index (κ3) is 10.00. The number of ketones is 1. The molecule has 0 unspecified atom stereocenters. The van der Waals surface area contributed by atoms with Crippen LogP contribution in [0.15, 0.2) is 30.3 Å². The van der Waals surface area contributed by atoms with E-state index in [1.54, 1.807) is 12.1 Å². The summed E-state index contributed by atoms with van der Waals surface area (Å²) < 4.78 is 36.6. The number of carbonyl (C=O) groups is 1. The lowest BCUT2D eigenvalue weighted by atomic mass is 10.0. The van der Waals surface area contributed by atoms with Crippen LogP contribution in [0.1, 0.15) is 99.0 Å². The van der Waals surface area contributed by atoms with Crippen molar-refractivity contribution < 1.29 is 33.2 Å². The van der Waals surface area contributed by atoms with Crippen LogP contribution in [0.2, 0.25) is 0 Å². The predicted molar refractivity (Wildman–Crippen MR) is 161 cm³/mol. The van der Waals surface area contributed by atoms with E-state index in [4.69, 9.17) is 28.4 Å². The second kappa shape index (κ2) is 14.9. The molecule has 222 valence electrons. The van der Waals surface area contributed by atoms with Gasteiger partial charge < -0.3 is 28.4 Å². The van der Waals surface area contributed by atoms with Crippen molar-refractivity contribution in [1.82, 2.24) is 0 Å². The highest BCUT2D eigenvalue weighted by atomic mass is 16.5. The predicted octanol–water partition coefficient (Wildman–Crippen LogP) is 8.31. The van der Waals surface area contributed by atoms with Crippen LogP contribution in [0.5, 0.6) is 34.5 Å². The number of hydrogen-bond donors (Lipinski definition) is 0. The fraction of sp³-hybridized carbons (Fsp3) is 0.545. The molecule has 0 N–H and O–H groups in total. The minimum atomic E-state index is -0.320. The van der Waals surface area contributed by atoms with Gasteiger partial charge in [0, 0.05) is 11.6 Å². The number of ether oxygens (including phenoxy) is 6. The van der Waals surface area contributed by atoms with Crippen LogP contribution in [0, 0.1) is 0 Å². The van der Waals surface area contributed by atoms with E-state index in [0.717, 1.165) is 0 Å². The first-order chi connectivity index (χ1) is 18.7. The number of rotatable bonds is 15. The van der Waals surface area contributed by atoms with Gasteiger partial charge in [-0.25, -0.2) is 0 Å². The molecule has 2 aromatic carbocycles. The molecule has 0 amide bonds. The Balaban J connectivity index is 2.78. The van der Waals surface area contributed by atoms with Gasteiger partial charge >= 0.3 is 0 Å². The molecule has 2 rings (SSSR count). The van der Waals surface area contributed by atoms with Gasteiger partial charge in [-0.2, -0.15) is 0 Å². The monoisotopic (exact) mass is 556 g/mol. The zero-order valence-corrected chi connectivity index (χ0v) is 26.3. The molecular formula is C33H48O7.